The number of nitrogens with one attached hydrogen (secondary N) is 2. The monoisotopic (exact) mass is 417 g/mol. The van der Waals surface area contributed by atoms with Crippen LogP contribution in [-0.2, 0) is 0 Å². The van der Waals surface area contributed by atoms with Gasteiger partial charge in [-0.2, -0.15) is 5.10 Å². The number of benzene rings is 2. The summed E-state index contributed by atoms with van der Waals surface area (Å²) in [5.41, 5.74) is 2.64. The van der Waals surface area contributed by atoms with Gasteiger partial charge in [0.05, 0.1) is 12.8 Å². The van der Waals surface area contributed by atoms with Gasteiger partial charge in [-0.05, 0) is 61.0 Å². The van der Waals surface area contributed by atoms with E-state index in [1.54, 1.807) is 60.6 Å². The van der Waals surface area contributed by atoms with Crippen LogP contribution >= 0.6 is 0 Å². The topological polar surface area (TPSA) is 111 Å². The molecule has 2 aromatic heterocycles. The van der Waals surface area contributed by atoms with Gasteiger partial charge in [0.2, 0.25) is 5.88 Å². The van der Waals surface area contributed by atoms with Gasteiger partial charge < -0.3 is 14.5 Å². The third kappa shape index (κ3) is 4.45. The summed E-state index contributed by atoms with van der Waals surface area (Å²) < 4.78 is 12.2. The summed E-state index contributed by atoms with van der Waals surface area (Å²) in [6.07, 6.45) is 3.03. The predicted octanol–water partition coefficient (Wildman–Crippen LogP) is 3.68. The summed E-state index contributed by atoms with van der Waals surface area (Å²) in [7, 11) is 1.56. The summed E-state index contributed by atoms with van der Waals surface area (Å²) in [5, 5.41) is 9.45. The van der Waals surface area contributed by atoms with Gasteiger partial charge in [0.25, 0.3) is 11.8 Å². The maximum atomic E-state index is 12.5. The molecule has 9 nitrogen and oxygen atoms in total. The van der Waals surface area contributed by atoms with Crippen LogP contribution in [0.4, 0.5) is 11.6 Å². The van der Waals surface area contributed by atoms with Crippen molar-refractivity contribution in [2.24, 2.45) is 0 Å². The first-order valence-electron chi connectivity index (χ1n) is 9.36. The van der Waals surface area contributed by atoms with Gasteiger partial charge in [-0.3, -0.25) is 14.9 Å². The Morgan fingerprint density at radius 1 is 1.00 bits per heavy atom. The third-order valence-corrected chi connectivity index (χ3v) is 4.55. The number of furan rings is 1. The highest BCUT2D eigenvalue weighted by Crippen LogP contribution is 2.20. The van der Waals surface area contributed by atoms with Crippen molar-refractivity contribution in [2.75, 3.05) is 17.7 Å². The van der Waals surface area contributed by atoms with Gasteiger partial charge in [0, 0.05) is 17.3 Å². The van der Waals surface area contributed by atoms with Crippen molar-refractivity contribution in [1.82, 2.24) is 14.8 Å². The van der Waals surface area contributed by atoms with Gasteiger partial charge in [-0.15, -0.1) is 0 Å². The Morgan fingerprint density at radius 2 is 1.81 bits per heavy atom. The lowest BCUT2D eigenvalue weighted by Gasteiger charge is -2.08. The van der Waals surface area contributed by atoms with Gasteiger partial charge >= 0.3 is 0 Å². The molecule has 156 valence electrons. The standard InChI is InChI=1S/C22H19N5O4/c1-14-11-17(30-2)7-8-18(14)21(28)26-20-10-9-19(31-20)22(29)25-15-3-5-16(6-4-15)27-13-23-12-24-27/h3-13H,1-2H3,(H,25,29)(H,26,28). The van der Waals surface area contributed by atoms with E-state index in [-0.39, 0.29) is 17.6 Å². The van der Waals surface area contributed by atoms with Gasteiger partial charge in [-0.25, -0.2) is 9.67 Å². The molecule has 2 amide bonds. The quantitative estimate of drug-likeness (QED) is 0.495. The minimum Gasteiger partial charge on any atom is -0.497 e. The van der Waals surface area contributed by atoms with Gasteiger partial charge in [-0.1, -0.05) is 0 Å². The van der Waals surface area contributed by atoms with Crippen molar-refractivity contribution in [3.8, 4) is 11.4 Å². The zero-order valence-corrected chi connectivity index (χ0v) is 16.8. The van der Waals surface area contributed by atoms with Crippen molar-refractivity contribution in [3.63, 3.8) is 0 Å². The fourth-order valence-corrected chi connectivity index (χ4v) is 2.96. The maximum absolute atomic E-state index is 12.5. The maximum Gasteiger partial charge on any atom is 0.291 e. The van der Waals surface area contributed by atoms with Crippen LogP contribution < -0.4 is 15.4 Å². The number of methoxy groups -OCH3 is 1. The van der Waals surface area contributed by atoms with E-state index < -0.39 is 5.91 Å². The van der Waals surface area contributed by atoms with Crippen LogP contribution in [0.2, 0.25) is 0 Å². The Kier molecular flexibility index (Phi) is 5.48. The number of hydrogen-bond donors (Lipinski definition) is 2. The fraction of sp³-hybridized carbons (Fsp3) is 0.0909. The molecule has 0 unspecified atom stereocenters. The van der Waals surface area contributed by atoms with E-state index in [1.165, 1.54) is 18.5 Å². The van der Waals surface area contributed by atoms with E-state index in [2.05, 4.69) is 20.7 Å². The second kappa shape index (κ2) is 8.54. The number of carbonyl (C=O) groups excluding carboxylic acids is 2. The highest BCUT2D eigenvalue weighted by Gasteiger charge is 2.15. The highest BCUT2D eigenvalue weighted by molar-refractivity contribution is 6.06. The molecule has 31 heavy (non-hydrogen) atoms. The molecular weight excluding hydrogens is 398 g/mol. The fourth-order valence-electron chi connectivity index (χ4n) is 2.96. The van der Waals surface area contributed by atoms with Crippen LogP contribution in [0, 0.1) is 6.92 Å². The third-order valence-electron chi connectivity index (χ3n) is 4.55. The lowest BCUT2D eigenvalue weighted by molar-refractivity contribution is 0.0988. The summed E-state index contributed by atoms with van der Waals surface area (Å²) in [6.45, 7) is 1.81. The molecule has 0 saturated heterocycles. The Balaban J connectivity index is 1.40. The molecule has 0 aliphatic carbocycles. The molecule has 4 rings (SSSR count). The molecule has 2 N–H and O–H groups in total. The number of amides is 2. The van der Waals surface area contributed by atoms with Crippen LogP contribution in [0.15, 0.2) is 71.7 Å². The molecule has 0 aliphatic rings. The molecule has 0 saturated carbocycles. The Labute approximate surface area is 177 Å². The first kappa shape index (κ1) is 19.9. The second-order valence-corrected chi connectivity index (χ2v) is 6.64. The number of rotatable bonds is 6. The summed E-state index contributed by atoms with van der Waals surface area (Å²) in [4.78, 5) is 28.9. The normalized spacial score (nSPS) is 10.5. The summed E-state index contributed by atoms with van der Waals surface area (Å²) >= 11 is 0. The van der Waals surface area contributed by atoms with E-state index in [4.69, 9.17) is 9.15 Å². The van der Waals surface area contributed by atoms with E-state index in [0.29, 0.717) is 17.0 Å². The van der Waals surface area contributed by atoms with Gasteiger partial charge in [0.1, 0.15) is 18.4 Å². The SMILES string of the molecule is COc1ccc(C(=O)Nc2ccc(C(=O)Nc3ccc(-n4cncn4)cc3)o2)c(C)c1. The molecule has 0 atom stereocenters. The molecule has 2 heterocycles. The molecule has 0 fully saturated rings. The number of carbonyl (C=O) groups is 2. The molecule has 0 aliphatic heterocycles. The summed E-state index contributed by atoms with van der Waals surface area (Å²) in [5.74, 6) is 0.133. The Morgan fingerprint density at radius 3 is 2.48 bits per heavy atom. The molecule has 0 spiro atoms. The summed E-state index contributed by atoms with van der Waals surface area (Å²) in [6, 6.07) is 15.3. The number of nitrogens with zero attached hydrogens (tertiary/aromatic N) is 3. The van der Waals surface area contributed by atoms with Crippen LogP contribution in [0.25, 0.3) is 5.69 Å². The van der Waals surface area contributed by atoms with E-state index >= 15 is 0 Å². The van der Waals surface area contributed by atoms with Crippen molar-refractivity contribution in [1.29, 1.82) is 0 Å². The number of anilines is 2. The Hall–Kier alpha value is -4.40. The van der Waals surface area contributed by atoms with Crippen molar-refractivity contribution >= 4 is 23.4 Å². The van der Waals surface area contributed by atoms with E-state index in [9.17, 15) is 9.59 Å². The number of ether oxygens (including phenoxy) is 1. The molecular formula is C22H19N5O4. The first-order valence-corrected chi connectivity index (χ1v) is 9.36. The first-order chi connectivity index (χ1) is 15.0. The highest BCUT2D eigenvalue weighted by atomic mass is 16.5. The lowest BCUT2D eigenvalue weighted by atomic mass is 10.1. The smallest absolute Gasteiger partial charge is 0.291 e. The zero-order valence-electron chi connectivity index (χ0n) is 16.8. The zero-order chi connectivity index (χ0) is 21.8. The molecule has 4 aromatic rings. The predicted molar refractivity (Wildman–Crippen MR) is 114 cm³/mol. The number of hydrogen-bond acceptors (Lipinski definition) is 6. The molecule has 9 heteroatoms. The largest absolute Gasteiger partial charge is 0.497 e. The average molecular weight is 417 g/mol. The van der Waals surface area contributed by atoms with E-state index in [1.807, 2.05) is 6.92 Å². The van der Waals surface area contributed by atoms with E-state index in [0.717, 1.165) is 11.3 Å². The molecule has 0 bridgehead atoms. The number of aryl methyl sites for hydroxylation is 1. The minimum atomic E-state index is -0.436. The van der Waals surface area contributed by atoms with Crippen LogP contribution in [0.1, 0.15) is 26.5 Å². The van der Waals surface area contributed by atoms with Gasteiger partial charge in [0.15, 0.2) is 5.76 Å². The van der Waals surface area contributed by atoms with Crippen molar-refractivity contribution in [3.05, 3.63) is 84.1 Å². The van der Waals surface area contributed by atoms with Crippen LogP contribution in [-0.4, -0.2) is 33.7 Å². The van der Waals surface area contributed by atoms with Crippen LogP contribution in [0.5, 0.6) is 5.75 Å². The second-order valence-electron chi connectivity index (χ2n) is 6.64. The molecule has 0 radical (unpaired) electrons. The van der Waals surface area contributed by atoms with Crippen molar-refractivity contribution < 1.29 is 18.7 Å². The molecule has 2 aromatic carbocycles. The number of aromatic nitrogens is 3. The van der Waals surface area contributed by atoms with Crippen molar-refractivity contribution in [2.45, 2.75) is 6.92 Å². The minimum absolute atomic E-state index is 0.0714. The van der Waals surface area contributed by atoms with Crippen LogP contribution in [0.3, 0.4) is 0 Å². The lowest BCUT2D eigenvalue weighted by Crippen LogP contribution is -2.13. The average Bonchev–Trinajstić information content (AvgIpc) is 3.46. The Bertz CT molecular complexity index is 1210.